The van der Waals surface area contributed by atoms with E-state index in [-0.39, 0.29) is 32.1 Å². The molecule has 0 aromatic carbocycles. The van der Waals surface area contributed by atoms with Crippen LogP contribution in [0, 0.1) is 0 Å². The van der Waals surface area contributed by atoms with Crippen LogP contribution in [0.4, 0.5) is 0 Å². The summed E-state index contributed by atoms with van der Waals surface area (Å²) in [7, 11) is -8.96. The van der Waals surface area contributed by atoms with Crippen LogP contribution in [0.1, 0.15) is 33.1 Å². The minimum atomic E-state index is -2.29. The van der Waals surface area contributed by atoms with E-state index in [1.807, 2.05) is 92.4 Å². The van der Waals surface area contributed by atoms with Crippen molar-refractivity contribution < 1.29 is 46.4 Å². The monoisotopic (exact) mass is 681 g/mol. The average Bonchev–Trinajstić information content (AvgIpc) is 2.76. The van der Waals surface area contributed by atoms with Crippen LogP contribution in [0.3, 0.4) is 0 Å². The summed E-state index contributed by atoms with van der Waals surface area (Å²) in [5.41, 5.74) is 0. The van der Waals surface area contributed by atoms with Gasteiger partial charge in [-0.3, -0.25) is 24.1 Å². The van der Waals surface area contributed by atoms with Crippen LogP contribution in [0.15, 0.2) is 0 Å². The van der Waals surface area contributed by atoms with Crippen molar-refractivity contribution in [2.75, 3.05) is 26.3 Å². The predicted octanol–water partition coefficient (Wildman–Crippen LogP) is 5.15. The molecule has 0 aromatic rings. The highest BCUT2D eigenvalue weighted by Gasteiger charge is 2.36. The van der Waals surface area contributed by atoms with Crippen LogP contribution in [-0.4, -0.2) is 107 Å². The standard InChI is InChI=1S/C28H59NO10Si4/c1-15-22(2)34-18-16-29(23(27(32)38-42(9,10)11)20-25(30)36-40(3,4)5)17-19-35-24(28(33)39-43(12,13)14)21-26(31)37-41(6,7)8/h22-24H,15-21H2,1-14H3. The maximum Gasteiger partial charge on any atom is 0.322 e. The van der Waals surface area contributed by atoms with Crippen LogP contribution >= 0.6 is 0 Å². The molecule has 3 atom stereocenters. The molecule has 0 bridgehead atoms. The molecule has 0 N–H and O–H groups in total. The van der Waals surface area contributed by atoms with Gasteiger partial charge in [-0.2, -0.15) is 0 Å². The van der Waals surface area contributed by atoms with Crippen LogP contribution in [-0.2, 0) is 46.4 Å². The Morgan fingerprint density at radius 1 is 0.581 bits per heavy atom. The number of hydrogen-bond donors (Lipinski definition) is 0. The zero-order valence-corrected chi connectivity index (χ0v) is 33.2. The SMILES string of the molecule is CCC(C)OCCN(CCOC(CC(=O)O[Si](C)(C)C)C(=O)O[Si](C)(C)C)C(CC(=O)O[Si](C)(C)C)C(=O)O[Si](C)(C)C. The first kappa shape index (κ1) is 41.6. The molecule has 0 aliphatic rings. The zero-order chi connectivity index (χ0) is 33.8. The van der Waals surface area contributed by atoms with Gasteiger partial charge in [0, 0.05) is 13.1 Å². The van der Waals surface area contributed by atoms with Crippen molar-refractivity contribution in [2.45, 2.75) is 130 Å². The van der Waals surface area contributed by atoms with Crippen LogP contribution in [0.25, 0.3) is 0 Å². The Morgan fingerprint density at radius 3 is 1.40 bits per heavy atom. The zero-order valence-electron chi connectivity index (χ0n) is 29.2. The van der Waals surface area contributed by atoms with E-state index in [0.717, 1.165) is 6.42 Å². The molecular formula is C28H59NO10Si4. The second-order valence-corrected chi connectivity index (χ2v) is 32.4. The fraction of sp³-hybridized carbons (Fsp3) is 0.857. The van der Waals surface area contributed by atoms with Crippen molar-refractivity contribution in [3.05, 3.63) is 0 Å². The van der Waals surface area contributed by atoms with E-state index in [0.29, 0.717) is 13.2 Å². The number of nitrogens with zero attached hydrogens (tertiary/aromatic N) is 1. The second kappa shape index (κ2) is 17.9. The third-order valence-electron chi connectivity index (χ3n) is 5.39. The van der Waals surface area contributed by atoms with Gasteiger partial charge in [-0.05, 0) is 91.9 Å². The molecule has 0 rings (SSSR count). The molecule has 0 fully saturated rings. The summed E-state index contributed by atoms with van der Waals surface area (Å²) in [6.45, 7) is 27.4. The Kier molecular flexibility index (Phi) is 17.4. The summed E-state index contributed by atoms with van der Waals surface area (Å²) in [6.07, 6.45) is -0.811. The molecule has 0 saturated carbocycles. The highest BCUT2D eigenvalue weighted by molar-refractivity contribution is 6.72. The predicted molar refractivity (Wildman–Crippen MR) is 178 cm³/mol. The van der Waals surface area contributed by atoms with E-state index in [4.69, 9.17) is 27.2 Å². The van der Waals surface area contributed by atoms with Crippen LogP contribution in [0.5, 0.6) is 0 Å². The quantitative estimate of drug-likeness (QED) is 0.158. The first-order valence-corrected chi connectivity index (χ1v) is 28.8. The molecule has 11 nitrogen and oxygen atoms in total. The van der Waals surface area contributed by atoms with Crippen LogP contribution in [0.2, 0.25) is 78.6 Å². The van der Waals surface area contributed by atoms with Gasteiger partial charge in [-0.15, -0.1) is 0 Å². The first-order valence-electron chi connectivity index (χ1n) is 15.2. The minimum Gasteiger partial charge on any atom is -0.520 e. The van der Waals surface area contributed by atoms with E-state index in [1.54, 1.807) is 4.90 Å². The molecule has 0 radical (unpaired) electrons. The Morgan fingerprint density at radius 2 is 0.977 bits per heavy atom. The highest BCUT2D eigenvalue weighted by atomic mass is 28.4. The number of hydrogen-bond acceptors (Lipinski definition) is 11. The molecule has 15 heteroatoms. The van der Waals surface area contributed by atoms with Crippen molar-refractivity contribution in [2.24, 2.45) is 0 Å². The first-order chi connectivity index (χ1) is 19.3. The molecule has 252 valence electrons. The molecule has 0 amide bonds. The van der Waals surface area contributed by atoms with E-state index >= 15 is 0 Å². The van der Waals surface area contributed by atoms with Crippen molar-refractivity contribution in [1.82, 2.24) is 4.90 Å². The van der Waals surface area contributed by atoms with Gasteiger partial charge in [0.25, 0.3) is 11.9 Å². The number of carbonyl (C=O) groups excluding carboxylic acids is 4. The van der Waals surface area contributed by atoms with Gasteiger partial charge < -0.3 is 27.2 Å². The largest absolute Gasteiger partial charge is 0.520 e. The third kappa shape index (κ3) is 21.9. The third-order valence-corrected chi connectivity index (χ3v) is 8.70. The summed E-state index contributed by atoms with van der Waals surface area (Å²) < 4.78 is 34.6. The van der Waals surface area contributed by atoms with Crippen molar-refractivity contribution in [3.63, 3.8) is 0 Å². The number of rotatable bonds is 20. The molecule has 0 heterocycles. The molecule has 0 spiro atoms. The molecule has 3 unspecified atom stereocenters. The Hall–Kier alpha value is -1.37. The smallest absolute Gasteiger partial charge is 0.322 e. The van der Waals surface area contributed by atoms with Gasteiger partial charge in [0.15, 0.2) is 6.10 Å². The summed E-state index contributed by atoms with van der Waals surface area (Å²) in [5, 5.41) is 0. The number of ether oxygens (including phenoxy) is 2. The van der Waals surface area contributed by atoms with Gasteiger partial charge >= 0.3 is 11.9 Å². The molecule has 0 aromatic heterocycles. The summed E-state index contributed by atoms with van der Waals surface area (Å²) in [4.78, 5) is 53.8. The van der Waals surface area contributed by atoms with Gasteiger partial charge in [0.05, 0.1) is 32.2 Å². The lowest BCUT2D eigenvalue weighted by atomic mass is 10.1. The van der Waals surface area contributed by atoms with Gasteiger partial charge in [0.2, 0.25) is 33.3 Å². The van der Waals surface area contributed by atoms with E-state index in [1.165, 1.54) is 0 Å². The summed E-state index contributed by atoms with van der Waals surface area (Å²) >= 11 is 0. The van der Waals surface area contributed by atoms with E-state index in [9.17, 15) is 19.2 Å². The Balaban J connectivity index is 6.09. The molecule has 0 aliphatic heterocycles. The van der Waals surface area contributed by atoms with Crippen LogP contribution < -0.4 is 0 Å². The van der Waals surface area contributed by atoms with Crippen molar-refractivity contribution >= 4 is 57.1 Å². The lowest BCUT2D eigenvalue weighted by Crippen LogP contribution is -2.50. The summed E-state index contributed by atoms with van der Waals surface area (Å²) in [5.74, 6) is -2.13. The van der Waals surface area contributed by atoms with E-state index in [2.05, 4.69) is 0 Å². The average molecular weight is 682 g/mol. The summed E-state index contributed by atoms with van der Waals surface area (Å²) in [6, 6.07) is -0.941. The Bertz CT molecular complexity index is 907. The fourth-order valence-electron chi connectivity index (χ4n) is 3.61. The lowest BCUT2D eigenvalue weighted by Gasteiger charge is -2.33. The van der Waals surface area contributed by atoms with Gasteiger partial charge in [0.1, 0.15) is 6.04 Å². The topological polar surface area (TPSA) is 127 Å². The molecule has 43 heavy (non-hydrogen) atoms. The molecular weight excluding hydrogens is 623 g/mol. The second-order valence-electron chi connectivity index (χ2n) is 14.6. The minimum absolute atomic E-state index is 0.0143. The lowest BCUT2D eigenvalue weighted by molar-refractivity contribution is -0.156. The van der Waals surface area contributed by atoms with Crippen molar-refractivity contribution in [3.8, 4) is 0 Å². The maximum absolute atomic E-state index is 13.5. The normalized spacial score (nSPS) is 15.0. The van der Waals surface area contributed by atoms with Gasteiger partial charge in [-0.1, -0.05) is 6.92 Å². The maximum atomic E-state index is 13.5. The molecule has 0 saturated heterocycles. The fourth-order valence-corrected chi connectivity index (χ4v) is 6.62. The molecule has 0 aliphatic carbocycles. The highest BCUT2D eigenvalue weighted by Crippen LogP contribution is 2.17. The van der Waals surface area contributed by atoms with Gasteiger partial charge in [-0.25, -0.2) is 0 Å². The number of carbonyl (C=O) groups is 4. The van der Waals surface area contributed by atoms with E-state index < -0.39 is 69.3 Å². The Labute approximate surface area is 264 Å². The van der Waals surface area contributed by atoms with Crippen molar-refractivity contribution in [1.29, 1.82) is 0 Å².